The van der Waals surface area contributed by atoms with Gasteiger partial charge in [-0.25, -0.2) is 9.78 Å². The van der Waals surface area contributed by atoms with Crippen LogP contribution in [-0.2, 0) is 9.53 Å². The van der Waals surface area contributed by atoms with Gasteiger partial charge in [-0.3, -0.25) is 10.1 Å². The van der Waals surface area contributed by atoms with Gasteiger partial charge in [0.2, 0.25) is 5.91 Å². The molecule has 0 saturated carbocycles. The average molecular weight is 284 g/mol. The Balaban J connectivity index is 1.71. The van der Waals surface area contributed by atoms with Crippen molar-refractivity contribution in [1.29, 1.82) is 0 Å². The number of nitrogens with zero attached hydrogens (tertiary/aromatic N) is 1. The molecule has 1 saturated heterocycles. The zero-order valence-corrected chi connectivity index (χ0v) is 11.3. The fraction of sp³-hybridized carbons (Fsp3) is 0.545. The van der Waals surface area contributed by atoms with Crippen molar-refractivity contribution >= 4 is 28.4 Å². The SMILES string of the molecule is Cc1csc(NC(=O)NCC2CCC(C(N)=O)O2)n1. The van der Waals surface area contributed by atoms with Gasteiger partial charge >= 0.3 is 6.03 Å². The van der Waals surface area contributed by atoms with Crippen molar-refractivity contribution in [3.05, 3.63) is 11.1 Å². The quantitative estimate of drug-likeness (QED) is 0.753. The molecule has 1 fully saturated rings. The van der Waals surface area contributed by atoms with E-state index in [1.165, 1.54) is 11.3 Å². The van der Waals surface area contributed by atoms with E-state index in [1.54, 1.807) is 0 Å². The van der Waals surface area contributed by atoms with Gasteiger partial charge in [-0.05, 0) is 19.8 Å². The van der Waals surface area contributed by atoms with Crippen LogP contribution in [0.15, 0.2) is 5.38 Å². The van der Waals surface area contributed by atoms with Gasteiger partial charge in [0.1, 0.15) is 6.10 Å². The summed E-state index contributed by atoms with van der Waals surface area (Å²) in [5.41, 5.74) is 6.01. The number of rotatable bonds is 4. The number of nitrogens with two attached hydrogens (primary N) is 1. The molecule has 1 aliphatic heterocycles. The molecule has 2 atom stereocenters. The summed E-state index contributed by atoms with van der Waals surface area (Å²) in [6, 6.07) is -0.333. The standard InChI is InChI=1S/C11H16N4O3S/c1-6-5-19-11(14-6)15-10(17)13-4-7-2-3-8(18-7)9(12)16/h5,7-8H,2-4H2,1H3,(H2,12,16)(H2,13,14,15,17). The summed E-state index contributed by atoms with van der Waals surface area (Å²) in [6.45, 7) is 2.20. The molecule has 0 aromatic carbocycles. The molecule has 1 aliphatic rings. The van der Waals surface area contributed by atoms with E-state index in [1.807, 2.05) is 12.3 Å². The number of hydrogen-bond donors (Lipinski definition) is 3. The molecule has 104 valence electrons. The molecule has 2 unspecified atom stereocenters. The zero-order valence-electron chi connectivity index (χ0n) is 10.5. The Morgan fingerprint density at radius 3 is 2.95 bits per heavy atom. The van der Waals surface area contributed by atoms with E-state index < -0.39 is 12.0 Å². The highest BCUT2D eigenvalue weighted by atomic mass is 32.1. The van der Waals surface area contributed by atoms with E-state index in [4.69, 9.17) is 10.5 Å². The van der Waals surface area contributed by atoms with Crippen molar-refractivity contribution < 1.29 is 14.3 Å². The van der Waals surface area contributed by atoms with E-state index in [0.29, 0.717) is 24.5 Å². The molecule has 2 heterocycles. The molecule has 0 aliphatic carbocycles. The molecule has 19 heavy (non-hydrogen) atoms. The Bertz CT molecular complexity index is 476. The average Bonchev–Trinajstić information content (AvgIpc) is 2.96. The molecule has 4 N–H and O–H groups in total. The van der Waals surface area contributed by atoms with Gasteiger partial charge < -0.3 is 15.8 Å². The molecular formula is C11H16N4O3S. The molecule has 2 rings (SSSR count). The number of thiazole rings is 1. The lowest BCUT2D eigenvalue weighted by molar-refractivity contribution is -0.128. The number of anilines is 1. The maximum atomic E-state index is 11.6. The van der Waals surface area contributed by atoms with Gasteiger partial charge in [0.05, 0.1) is 11.8 Å². The van der Waals surface area contributed by atoms with Crippen molar-refractivity contribution in [2.45, 2.75) is 32.0 Å². The third-order valence-corrected chi connectivity index (χ3v) is 3.63. The van der Waals surface area contributed by atoms with E-state index in [9.17, 15) is 9.59 Å². The highest BCUT2D eigenvalue weighted by molar-refractivity contribution is 7.13. The van der Waals surface area contributed by atoms with E-state index in [0.717, 1.165) is 5.69 Å². The summed E-state index contributed by atoms with van der Waals surface area (Å²) in [7, 11) is 0. The lowest BCUT2D eigenvalue weighted by Crippen LogP contribution is -2.36. The lowest BCUT2D eigenvalue weighted by atomic mass is 10.2. The third-order valence-electron chi connectivity index (χ3n) is 2.75. The predicted molar refractivity (Wildman–Crippen MR) is 71.0 cm³/mol. The summed E-state index contributed by atoms with van der Waals surface area (Å²) in [5, 5.41) is 7.72. The van der Waals surface area contributed by atoms with Crippen LogP contribution >= 0.6 is 11.3 Å². The van der Waals surface area contributed by atoms with Crippen LogP contribution in [0.1, 0.15) is 18.5 Å². The molecule has 0 bridgehead atoms. The highest BCUT2D eigenvalue weighted by Crippen LogP contribution is 2.19. The van der Waals surface area contributed by atoms with Crippen LogP contribution in [0.4, 0.5) is 9.93 Å². The molecule has 3 amide bonds. The molecule has 1 aromatic heterocycles. The summed E-state index contributed by atoms with van der Waals surface area (Å²) in [4.78, 5) is 26.6. The molecular weight excluding hydrogens is 268 g/mol. The number of amides is 3. The number of aryl methyl sites for hydroxylation is 1. The third kappa shape index (κ3) is 3.90. The van der Waals surface area contributed by atoms with Crippen LogP contribution in [0.2, 0.25) is 0 Å². The fourth-order valence-electron chi connectivity index (χ4n) is 1.82. The summed E-state index contributed by atoms with van der Waals surface area (Å²) in [6.07, 6.45) is 0.622. The minimum atomic E-state index is -0.531. The Kier molecular flexibility index (Phi) is 4.33. The second-order valence-electron chi connectivity index (χ2n) is 4.36. The normalized spacial score (nSPS) is 22.2. The van der Waals surface area contributed by atoms with Gasteiger partial charge in [0.25, 0.3) is 0 Å². The number of urea groups is 1. The molecule has 8 heteroatoms. The highest BCUT2D eigenvalue weighted by Gasteiger charge is 2.29. The van der Waals surface area contributed by atoms with E-state index >= 15 is 0 Å². The first kappa shape index (κ1) is 13.8. The number of nitrogens with one attached hydrogen (secondary N) is 2. The van der Waals surface area contributed by atoms with Crippen molar-refractivity contribution in [2.75, 3.05) is 11.9 Å². The van der Waals surface area contributed by atoms with Gasteiger partial charge in [-0.2, -0.15) is 0 Å². The van der Waals surface area contributed by atoms with Crippen LogP contribution < -0.4 is 16.4 Å². The van der Waals surface area contributed by atoms with Gasteiger partial charge in [0.15, 0.2) is 5.13 Å². The van der Waals surface area contributed by atoms with Crippen molar-refractivity contribution in [3.8, 4) is 0 Å². The Labute approximate surface area is 114 Å². The molecule has 0 radical (unpaired) electrons. The van der Waals surface area contributed by atoms with E-state index in [2.05, 4.69) is 15.6 Å². The second-order valence-corrected chi connectivity index (χ2v) is 5.21. The Hall–Kier alpha value is -1.67. The van der Waals surface area contributed by atoms with Crippen molar-refractivity contribution in [3.63, 3.8) is 0 Å². The topological polar surface area (TPSA) is 106 Å². The van der Waals surface area contributed by atoms with Crippen LogP contribution in [0, 0.1) is 6.92 Å². The second kappa shape index (κ2) is 5.98. The number of aromatic nitrogens is 1. The Morgan fingerprint density at radius 1 is 1.58 bits per heavy atom. The van der Waals surface area contributed by atoms with E-state index in [-0.39, 0.29) is 12.1 Å². The van der Waals surface area contributed by atoms with Crippen LogP contribution in [0.5, 0.6) is 0 Å². The van der Waals surface area contributed by atoms with Crippen molar-refractivity contribution in [2.24, 2.45) is 5.73 Å². The first-order chi connectivity index (χ1) is 9.04. The van der Waals surface area contributed by atoms with Crippen molar-refractivity contribution in [1.82, 2.24) is 10.3 Å². The molecule has 0 spiro atoms. The fourth-order valence-corrected chi connectivity index (χ4v) is 2.51. The first-order valence-corrected chi connectivity index (χ1v) is 6.84. The molecule has 7 nitrogen and oxygen atoms in total. The Morgan fingerprint density at radius 2 is 2.37 bits per heavy atom. The smallest absolute Gasteiger partial charge is 0.321 e. The monoisotopic (exact) mass is 284 g/mol. The summed E-state index contributed by atoms with van der Waals surface area (Å²) < 4.78 is 5.40. The van der Waals surface area contributed by atoms with Crippen LogP contribution in [0.25, 0.3) is 0 Å². The van der Waals surface area contributed by atoms with Gasteiger partial charge in [-0.1, -0.05) is 0 Å². The minimum absolute atomic E-state index is 0.165. The first-order valence-electron chi connectivity index (χ1n) is 5.96. The number of primary amides is 1. The zero-order chi connectivity index (χ0) is 13.8. The lowest BCUT2D eigenvalue weighted by Gasteiger charge is -2.12. The maximum absolute atomic E-state index is 11.6. The number of carbonyl (C=O) groups is 2. The van der Waals surface area contributed by atoms with Gasteiger partial charge in [-0.15, -0.1) is 11.3 Å². The van der Waals surface area contributed by atoms with Crippen LogP contribution in [0.3, 0.4) is 0 Å². The largest absolute Gasteiger partial charge is 0.367 e. The van der Waals surface area contributed by atoms with Crippen LogP contribution in [-0.4, -0.2) is 35.7 Å². The minimum Gasteiger partial charge on any atom is -0.367 e. The summed E-state index contributed by atoms with van der Waals surface area (Å²) in [5.74, 6) is -0.454. The summed E-state index contributed by atoms with van der Waals surface area (Å²) >= 11 is 1.36. The number of carbonyl (C=O) groups excluding carboxylic acids is 2. The maximum Gasteiger partial charge on any atom is 0.321 e. The van der Waals surface area contributed by atoms with Gasteiger partial charge in [0, 0.05) is 11.9 Å². The number of hydrogen-bond acceptors (Lipinski definition) is 5. The number of ether oxygens (including phenoxy) is 1. The predicted octanol–water partition coefficient (Wildman–Crippen LogP) is 0.606. The molecule has 1 aromatic rings.